The second kappa shape index (κ2) is 16.0. The van der Waals surface area contributed by atoms with Crippen LogP contribution in [0.2, 0.25) is 13.1 Å². The molecule has 0 nitrogen and oxygen atoms in total. The van der Waals surface area contributed by atoms with Gasteiger partial charge in [0, 0.05) is 0 Å². The maximum absolute atomic E-state index is 2.31. The molecule has 8 rings (SSSR count). The van der Waals surface area contributed by atoms with Gasteiger partial charge in [0.05, 0.1) is 0 Å². The third-order valence-corrected chi connectivity index (χ3v) is 7.87. The molecule has 0 fully saturated rings. The zero-order valence-corrected chi connectivity index (χ0v) is 31.6. The Kier molecular flexibility index (Phi) is 12.4. The smallest absolute Gasteiger partial charge is 0.0250 e. The largest absolute Gasteiger partial charge is 1.00 e. The molecule has 8 aromatic rings. The summed E-state index contributed by atoms with van der Waals surface area (Å²) in [5.41, 5.74) is 8.11. The van der Waals surface area contributed by atoms with E-state index in [-0.39, 0.29) is 30.2 Å². The van der Waals surface area contributed by atoms with Crippen molar-refractivity contribution < 1.29 is 48.1 Å². The zero-order valence-electron chi connectivity index (χ0n) is 26.6. The Morgan fingerprint density at radius 3 is 1.15 bits per heavy atom. The molecule has 46 heavy (non-hydrogen) atoms. The van der Waals surface area contributed by atoms with Gasteiger partial charge >= 0.3 is 41.9 Å². The van der Waals surface area contributed by atoms with Crippen LogP contribution in [0, 0.1) is 13.8 Å². The summed E-state index contributed by atoms with van der Waals surface area (Å²) in [6.45, 7) is 8.95. The maximum Gasteiger partial charge on any atom is -0.0250 e. The molecule has 4 heteroatoms. The van der Waals surface area contributed by atoms with Crippen LogP contribution in [0.4, 0.5) is 0 Å². The number of benzene rings is 6. The zero-order chi connectivity index (χ0) is 30.6. The monoisotopic (exact) mass is 728 g/mol. The Bertz CT molecular complexity index is 2030. The van der Waals surface area contributed by atoms with Gasteiger partial charge in [-0.3, -0.25) is 0 Å². The van der Waals surface area contributed by atoms with Gasteiger partial charge in [0.1, 0.15) is 0 Å². The summed E-state index contributed by atoms with van der Waals surface area (Å²) in [5, 5.41) is 10.5. The van der Waals surface area contributed by atoms with E-state index in [0.717, 1.165) is 0 Å². The molecule has 0 N–H and O–H groups in total. The number of hydrogen-bond acceptors (Lipinski definition) is 0. The molecule has 0 amide bonds. The topological polar surface area (TPSA) is 0 Å². The quantitative estimate of drug-likeness (QED) is 0.148. The molecule has 8 aromatic carbocycles. The predicted molar refractivity (Wildman–Crippen MR) is 192 cm³/mol. The number of fused-ring (bicyclic) bond motifs is 4. The van der Waals surface area contributed by atoms with E-state index in [0.29, 0.717) is 0 Å². The minimum absolute atomic E-state index is 0. The molecule has 0 saturated heterocycles. The van der Waals surface area contributed by atoms with Crippen molar-refractivity contribution in [2.75, 3.05) is 0 Å². The molecule has 0 saturated carbocycles. The summed E-state index contributed by atoms with van der Waals surface area (Å²) in [6.07, 6.45) is 0. The summed E-state index contributed by atoms with van der Waals surface area (Å²) >= 11 is 1.74. The molecule has 0 atom stereocenters. The number of hydrogen-bond donors (Lipinski definition) is 0. The van der Waals surface area contributed by atoms with Crippen LogP contribution in [0.5, 0.6) is 0 Å². The number of aryl methyl sites for hydroxylation is 2. The SMILES string of the molecule is C[Si](C)=[Zr+2].Cc1cc(-c2cc3ccccc3[cH-]2)c2ccccc2c1.Cc1cc(-c2cc3ccccc3[cH-]2)c2ccccc2c1.[Cl-].[Cl-]. The van der Waals surface area contributed by atoms with Crippen LogP contribution in [0.1, 0.15) is 11.1 Å². The fourth-order valence-electron chi connectivity index (χ4n) is 6.01. The first-order valence-electron chi connectivity index (χ1n) is 15.2. The van der Waals surface area contributed by atoms with Crippen LogP contribution < -0.4 is 24.8 Å². The normalized spacial score (nSPS) is 10.4. The molecule has 0 unspecified atom stereocenters. The van der Waals surface area contributed by atoms with E-state index in [1.807, 2.05) is 0 Å². The van der Waals surface area contributed by atoms with Crippen LogP contribution in [0.15, 0.2) is 146 Å². The molecule has 0 radical (unpaired) electrons. The van der Waals surface area contributed by atoms with Crippen LogP contribution in [-0.4, -0.2) is 5.43 Å². The fraction of sp³-hybridized carbons (Fsp3) is 0.0952. The minimum Gasteiger partial charge on any atom is -1.00 e. The van der Waals surface area contributed by atoms with E-state index in [9.17, 15) is 0 Å². The molecular weight excluding hydrogens is 695 g/mol. The first-order chi connectivity index (χ1) is 21.4. The second-order valence-electron chi connectivity index (χ2n) is 11.8. The van der Waals surface area contributed by atoms with Gasteiger partial charge in [0.15, 0.2) is 0 Å². The third-order valence-electron chi connectivity index (χ3n) is 7.87. The summed E-state index contributed by atoms with van der Waals surface area (Å²) < 4.78 is 0. The van der Waals surface area contributed by atoms with Crippen molar-refractivity contribution >= 4 is 48.5 Å². The Hall–Kier alpha value is -3.26. The van der Waals surface area contributed by atoms with Crippen molar-refractivity contribution in [2.45, 2.75) is 26.9 Å². The van der Waals surface area contributed by atoms with Gasteiger partial charge in [-0.15, -0.1) is 69.1 Å². The molecule has 0 aliphatic carbocycles. The van der Waals surface area contributed by atoms with Gasteiger partial charge in [0.25, 0.3) is 0 Å². The van der Waals surface area contributed by atoms with Crippen molar-refractivity contribution in [1.82, 2.24) is 0 Å². The van der Waals surface area contributed by atoms with Crippen molar-refractivity contribution in [3.8, 4) is 22.3 Å². The van der Waals surface area contributed by atoms with E-state index in [1.54, 1.807) is 23.3 Å². The average molecular weight is 731 g/mol. The van der Waals surface area contributed by atoms with E-state index in [2.05, 4.69) is 173 Å². The van der Waals surface area contributed by atoms with E-state index in [4.69, 9.17) is 0 Å². The van der Waals surface area contributed by atoms with E-state index >= 15 is 0 Å². The van der Waals surface area contributed by atoms with Crippen LogP contribution >= 0.6 is 0 Å². The van der Waals surface area contributed by atoms with Crippen molar-refractivity contribution in [3.05, 3.63) is 157 Å². The van der Waals surface area contributed by atoms with E-state index in [1.165, 1.54) is 76.5 Å². The predicted octanol–water partition coefficient (Wildman–Crippen LogP) is 6.17. The summed E-state index contributed by atoms with van der Waals surface area (Å²) in [4.78, 5) is 0. The Morgan fingerprint density at radius 2 is 0.783 bits per heavy atom. The number of rotatable bonds is 2. The van der Waals surface area contributed by atoms with Gasteiger partial charge < -0.3 is 24.8 Å². The molecule has 0 aliphatic rings. The first kappa shape index (κ1) is 35.6. The van der Waals surface area contributed by atoms with Gasteiger partial charge in [-0.25, -0.2) is 0 Å². The van der Waals surface area contributed by atoms with Crippen molar-refractivity contribution in [2.24, 2.45) is 0 Å². The van der Waals surface area contributed by atoms with Crippen molar-refractivity contribution in [3.63, 3.8) is 0 Å². The molecule has 228 valence electrons. The van der Waals surface area contributed by atoms with Gasteiger partial charge in [-0.1, -0.05) is 131 Å². The van der Waals surface area contributed by atoms with E-state index < -0.39 is 0 Å². The Labute approximate surface area is 300 Å². The van der Waals surface area contributed by atoms with Crippen molar-refractivity contribution in [1.29, 1.82) is 0 Å². The van der Waals surface area contributed by atoms with Crippen LogP contribution in [-0.2, 0) is 23.3 Å². The van der Waals surface area contributed by atoms with Crippen LogP contribution in [0.25, 0.3) is 65.3 Å². The summed E-state index contributed by atoms with van der Waals surface area (Å²) in [5.74, 6) is 0. The molecule has 0 aliphatic heterocycles. The third kappa shape index (κ3) is 8.17. The summed E-state index contributed by atoms with van der Waals surface area (Å²) in [6, 6.07) is 52.6. The van der Waals surface area contributed by atoms with Crippen LogP contribution in [0.3, 0.4) is 0 Å². The fourth-order valence-corrected chi connectivity index (χ4v) is 6.01. The average Bonchev–Trinajstić information content (AvgIpc) is 3.65. The number of halogens is 2. The maximum atomic E-state index is 2.31. The van der Waals surface area contributed by atoms with Gasteiger partial charge in [0.2, 0.25) is 0 Å². The Morgan fingerprint density at radius 1 is 0.457 bits per heavy atom. The molecule has 0 bridgehead atoms. The first-order valence-corrected chi connectivity index (χ1v) is 21.4. The molecule has 0 aromatic heterocycles. The summed E-state index contributed by atoms with van der Waals surface area (Å²) in [7, 11) is 0. The minimum atomic E-state index is 0. The standard InChI is InChI=1S/2C20H15.C2H6Si.2ClH.Zr/c2*1-14-10-17-8-4-5-9-19(17)20(11-14)18-12-15-6-2-3-7-16(15)13-18;1-3-2;;;/h2*2-13H,1H3;1-2H3;2*1H;/q2*-1;;;;+2/p-2. The molecule has 0 spiro atoms. The Balaban J connectivity index is 0.000000180. The van der Waals surface area contributed by atoms with Gasteiger partial charge in [-0.2, -0.15) is 0 Å². The molecular formula is C42H36Cl2SiZr-2. The second-order valence-corrected chi connectivity index (χ2v) is 21.2. The molecule has 0 heterocycles. The van der Waals surface area contributed by atoms with Gasteiger partial charge in [-0.05, 0) is 35.4 Å².